The van der Waals surface area contributed by atoms with Crippen LogP contribution in [0.4, 0.5) is 0 Å². The molecule has 1 unspecified atom stereocenters. The Bertz CT molecular complexity index is 667. The molecular formula is C16H18N2O4S. The maximum atomic E-state index is 10.6. The number of methoxy groups -OCH3 is 2. The molecule has 2 rings (SSSR count). The Morgan fingerprint density at radius 2 is 2.13 bits per heavy atom. The lowest BCUT2D eigenvalue weighted by Gasteiger charge is -2.22. The molecule has 0 saturated heterocycles. The second kappa shape index (κ2) is 7.88. The molecule has 0 aromatic heterocycles. The quantitative estimate of drug-likeness (QED) is 0.821. The number of nitrogens with zero attached hydrogens (tertiary/aromatic N) is 2. The Morgan fingerprint density at radius 3 is 2.74 bits per heavy atom. The van der Waals surface area contributed by atoms with Crippen LogP contribution in [0, 0.1) is 11.3 Å². The van der Waals surface area contributed by atoms with E-state index >= 15 is 0 Å². The Morgan fingerprint density at radius 1 is 1.43 bits per heavy atom. The summed E-state index contributed by atoms with van der Waals surface area (Å²) in [5.41, 5.74) is 2.63. The van der Waals surface area contributed by atoms with E-state index < -0.39 is 11.2 Å². The lowest BCUT2D eigenvalue weighted by molar-refractivity contribution is -0.136. The molecule has 0 saturated carbocycles. The third-order valence-corrected chi connectivity index (χ3v) is 4.62. The highest BCUT2D eigenvalue weighted by Crippen LogP contribution is 2.34. The number of carbonyl (C=O) groups is 1. The molecule has 7 heteroatoms. The average molecular weight is 334 g/mol. The molecular weight excluding hydrogens is 316 g/mol. The van der Waals surface area contributed by atoms with Crippen molar-refractivity contribution in [2.45, 2.75) is 18.1 Å². The highest BCUT2D eigenvalue weighted by molar-refractivity contribution is 8.00. The molecule has 1 heterocycles. The van der Waals surface area contributed by atoms with E-state index in [9.17, 15) is 10.1 Å². The largest absolute Gasteiger partial charge is 0.493 e. The zero-order chi connectivity index (χ0) is 16.8. The summed E-state index contributed by atoms with van der Waals surface area (Å²) in [6, 6.07) is 5.98. The van der Waals surface area contributed by atoms with E-state index in [1.807, 2.05) is 12.1 Å². The average Bonchev–Trinajstić information content (AvgIpc) is 2.56. The summed E-state index contributed by atoms with van der Waals surface area (Å²) >= 11 is 1.30. The molecule has 1 atom stereocenters. The van der Waals surface area contributed by atoms with Gasteiger partial charge in [0.2, 0.25) is 0 Å². The standard InChI is InChI=1S/C16H18N2O4S/c1-21-12-7-10-3-5-18-16(11(10)8-13(12)22-2)14(9-17)23-6-4-15(19)20/h7-8,14H,3-6H2,1-2H3,(H,19,20). The second-order valence-electron chi connectivity index (χ2n) is 4.90. The highest BCUT2D eigenvalue weighted by Gasteiger charge is 2.25. The predicted molar refractivity (Wildman–Crippen MR) is 88.8 cm³/mol. The minimum atomic E-state index is -0.869. The van der Waals surface area contributed by atoms with Gasteiger partial charge < -0.3 is 14.6 Å². The summed E-state index contributed by atoms with van der Waals surface area (Å²) in [7, 11) is 3.15. The van der Waals surface area contributed by atoms with Gasteiger partial charge in [-0.2, -0.15) is 5.26 Å². The van der Waals surface area contributed by atoms with E-state index in [4.69, 9.17) is 14.6 Å². The maximum absolute atomic E-state index is 10.6. The summed E-state index contributed by atoms with van der Waals surface area (Å²) in [6.45, 7) is 0.607. The highest BCUT2D eigenvalue weighted by atomic mass is 32.2. The zero-order valence-corrected chi connectivity index (χ0v) is 13.9. The number of hydrogen-bond donors (Lipinski definition) is 1. The van der Waals surface area contributed by atoms with Crippen LogP contribution in [0.15, 0.2) is 17.1 Å². The normalized spacial score (nSPS) is 14.2. The molecule has 0 radical (unpaired) electrons. The first-order chi connectivity index (χ1) is 11.1. The van der Waals surface area contributed by atoms with Crippen LogP contribution in [-0.2, 0) is 11.2 Å². The zero-order valence-electron chi connectivity index (χ0n) is 13.0. The van der Waals surface area contributed by atoms with Crippen molar-refractivity contribution in [1.82, 2.24) is 0 Å². The monoisotopic (exact) mass is 334 g/mol. The molecule has 0 fully saturated rings. The van der Waals surface area contributed by atoms with Crippen LogP contribution in [0.3, 0.4) is 0 Å². The molecule has 0 spiro atoms. The number of carboxylic acids is 1. The summed E-state index contributed by atoms with van der Waals surface area (Å²) in [4.78, 5) is 15.1. The van der Waals surface area contributed by atoms with Crippen LogP contribution in [0.2, 0.25) is 0 Å². The first-order valence-corrected chi connectivity index (χ1v) is 8.18. The van der Waals surface area contributed by atoms with Gasteiger partial charge in [0.1, 0.15) is 5.25 Å². The van der Waals surface area contributed by atoms with Gasteiger partial charge in [-0.05, 0) is 24.1 Å². The van der Waals surface area contributed by atoms with Crippen molar-refractivity contribution in [2.75, 3.05) is 26.5 Å². The molecule has 23 heavy (non-hydrogen) atoms. The molecule has 1 aromatic rings. The van der Waals surface area contributed by atoms with Gasteiger partial charge in [-0.3, -0.25) is 9.79 Å². The number of aliphatic imine (C=N–C) groups is 1. The number of nitriles is 1. The smallest absolute Gasteiger partial charge is 0.304 e. The van der Waals surface area contributed by atoms with Crippen molar-refractivity contribution in [3.63, 3.8) is 0 Å². The van der Waals surface area contributed by atoms with Crippen LogP contribution in [0.5, 0.6) is 11.5 Å². The molecule has 1 N–H and O–H groups in total. The summed E-state index contributed by atoms with van der Waals surface area (Å²) in [5, 5.41) is 17.7. The second-order valence-corrected chi connectivity index (χ2v) is 6.12. The van der Waals surface area contributed by atoms with E-state index in [-0.39, 0.29) is 6.42 Å². The van der Waals surface area contributed by atoms with Gasteiger partial charge in [0.05, 0.1) is 32.4 Å². The summed E-state index contributed by atoms with van der Waals surface area (Å²) in [5.74, 6) is 0.744. The fourth-order valence-corrected chi connectivity index (χ4v) is 3.38. The van der Waals surface area contributed by atoms with Crippen molar-refractivity contribution in [3.05, 3.63) is 23.3 Å². The van der Waals surface area contributed by atoms with Crippen molar-refractivity contribution in [3.8, 4) is 17.6 Å². The molecule has 1 aliphatic heterocycles. The van der Waals surface area contributed by atoms with Crippen LogP contribution < -0.4 is 9.47 Å². The minimum absolute atomic E-state index is 0.0227. The number of ether oxygens (including phenoxy) is 2. The molecule has 0 bridgehead atoms. The Labute approximate surface area is 139 Å². The van der Waals surface area contributed by atoms with E-state index in [0.29, 0.717) is 29.5 Å². The molecule has 0 aliphatic carbocycles. The van der Waals surface area contributed by atoms with E-state index in [2.05, 4.69) is 11.1 Å². The number of aliphatic carboxylic acids is 1. The third-order valence-electron chi connectivity index (χ3n) is 3.51. The molecule has 1 aliphatic rings. The number of benzene rings is 1. The van der Waals surface area contributed by atoms with Gasteiger partial charge in [0.25, 0.3) is 0 Å². The van der Waals surface area contributed by atoms with Gasteiger partial charge in [-0.15, -0.1) is 11.8 Å². The van der Waals surface area contributed by atoms with Crippen molar-refractivity contribution in [2.24, 2.45) is 4.99 Å². The minimum Gasteiger partial charge on any atom is -0.493 e. The lowest BCUT2D eigenvalue weighted by Crippen LogP contribution is -2.23. The van der Waals surface area contributed by atoms with Gasteiger partial charge >= 0.3 is 5.97 Å². The molecule has 1 aromatic carbocycles. The molecule has 0 amide bonds. The first-order valence-electron chi connectivity index (χ1n) is 7.13. The van der Waals surface area contributed by atoms with E-state index in [1.54, 1.807) is 14.2 Å². The number of fused-ring (bicyclic) bond motifs is 1. The number of thioether (sulfide) groups is 1. The Kier molecular flexibility index (Phi) is 5.88. The Hall–Kier alpha value is -2.20. The summed E-state index contributed by atoms with van der Waals surface area (Å²) in [6.07, 6.45) is 0.798. The van der Waals surface area contributed by atoms with Crippen LogP contribution in [0.1, 0.15) is 17.5 Å². The topological polar surface area (TPSA) is 91.9 Å². The van der Waals surface area contributed by atoms with E-state index in [1.165, 1.54) is 11.8 Å². The van der Waals surface area contributed by atoms with Gasteiger partial charge in [0.15, 0.2) is 11.5 Å². The molecule has 122 valence electrons. The number of rotatable bonds is 7. The van der Waals surface area contributed by atoms with E-state index in [0.717, 1.165) is 17.5 Å². The Balaban J connectivity index is 2.29. The fourth-order valence-electron chi connectivity index (χ4n) is 2.41. The lowest BCUT2D eigenvalue weighted by atomic mass is 9.95. The van der Waals surface area contributed by atoms with Crippen molar-refractivity contribution in [1.29, 1.82) is 5.26 Å². The van der Waals surface area contributed by atoms with Gasteiger partial charge in [0, 0.05) is 17.9 Å². The van der Waals surface area contributed by atoms with Crippen molar-refractivity contribution < 1.29 is 19.4 Å². The molecule has 6 nitrogen and oxygen atoms in total. The SMILES string of the molecule is COc1cc2c(cc1OC)C(C(C#N)SCCC(=O)O)=NCC2. The fraction of sp³-hybridized carbons (Fsp3) is 0.438. The third kappa shape index (κ3) is 3.96. The first kappa shape index (κ1) is 17.2. The predicted octanol–water partition coefficient (Wildman–Crippen LogP) is 2.15. The maximum Gasteiger partial charge on any atom is 0.304 e. The van der Waals surface area contributed by atoms with Crippen LogP contribution >= 0.6 is 11.8 Å². The number of hydrogen-bond acceptors (Lipinski definition) is 6. The van der Waals surface area contributed by atoms with Gasteiger partial charge in [-0.25, -0.2) is 0 Å². The van der Waals surface area contributed by atoms with Crippen LogP contribution in [0.25, 0.3) is 0 Å². The number of carboxylic acid groups (broad SMARTS) is 1. The van der Waals surface area contributed by atoms with Crippen LogP contribution in [-0.4, -0.2) is 48.6 Å². The summed E-state index contributed by atoms with van der Waals surface area (Å²) < 4.78 is 10.6. The van der Waals surface area contributed by atoms with Crippen molar-refractivity contribution >= 4 is 23.4 Å². The van der Waals surface area contributed by atoms with Gasteiger partial charge in [-0.1, -0.05) is 0 Å².